The van der Waals surface area contributed by atoms with E-state index in [0.29, 0.717) is 22.6 Å². The number of anilines is 1. The molecule has 4 rings (SSSR count). The van der Waals surface area contributed by atoms with Gasteiger partial charge >= 0.3 is 0 Å². The summed E-state index contributed by atoms with van der Waals surface area (Å²) in [5.74, 6) is -1.31. The molecule has 5 nitrogen and oxygen atoms in total. The van der Waals surface area contributed by atoms with Crippen molar-refractivity contribution in [2.24, 2.45) is 0 Å². The Morgan fingerprint density at radius 1 is 1.00 bits per heavy atom. The third kappa shape index (κ3) is 4.15. The van der Waals surface area contributed by atoms with Gasteiger partial charge in [-0.25, -0.2) is 8.78 Å². The highest BCUT2D eigenvalue weighted by Gasteiger charge is 2.34. The number of fused-ring (bicyclic) bond motifs is 1. The van der Waals surface area contributed by atoms with Crippen LogP contribution in [0.4, 0.5) is 14.5 Å². The molecule has 0 aromatic heterocycles. The summed E-state index contributed by atoms with van der Waals surface area (Å²) < 4.78 is 33.1. The molecule has 3 aromatic rings. The van der Waals surface area contributed by atoms with Gasteiger partial charge in [-0.2, -0.15) is 0 Å². The van der Waals surface area contributed by atoms with Crippen LogP contribution >= 0.6 is 0 Å². The van der Waals surface area contributed by atoms with E-state index in [1.807, 2.05) is 6.07 Å². The molecule has 0 fully saturated rings. The number of nitrogens with one attached hydrogen (secondary N) is 1. The van der Waals surface area contributed by atoms with Gasteiger partial charge in [0.1, 0.15) is 23.9 Å². The highest BCUT2D eigenvalue weighted by molar-refractivity contribution is 5.97. The lowest BCUT2D eigenvalue weighted by Crippen LogP contribution is -2.41. The van der Waals surface area contributed by atoms with Crippen LogP contribution in [0.5, 0.6) is 5.75 Å². The fraction of sp³-hybridized carbons (Fsp3) is 0.130. The van der Waals surface area contributed by atoms with E-state index in [0.717, 1.165) is 0 Å². The molecule has 1 aliphatic heterocycles. The highest BCUT2D eigenvalue weighted by Crippen LogP contribution is 2.36. The van der Waals surface area contributed by atoms with Crippen LogP contribution in [0.3, 0.4) is 0 Å². The van der Waals surface area contributed by atoms with Crippen LogP contribution in [0.25, 0.3) is 0 Å². The molecule has 1 heterocycles. The second-order valence-corrected chi connectivity index (χ2v) is 6.86. The number of carbonyl (C=O) groups is 2. The van der Waals surface area contributed by atoms with E-state index in [2.05, 4.69) is 5.32 Å². The van der Waals surface area contributed by atoms with Crippen LogP contribution in [0, 0.1) is 11.6 Å². The minimum Gasteiger partial charge on any atom is -0.484 e. The Balaban J connectivity index is 1.72. The quantitative estimate of drug-likeness (QED) is 0.712. The van der Waals surface area contributed by atoms with Gasteiger partial charge in [0.05, 0.1) is 6.04 Å². The number of amides is 2. The third-order valence-electron chi connectivity index (χ3n) is 4.82. The van der Waals surface area contributed by atoms with Crippen LogP contribution in [-0.4, -0.2) is 29.9 Å². The molecule has 0 unspecified atom stereocenters. The van der Waals surface area contributed by atoms with Gasteiger partial charge in [-0.05, 0) is 48.0 Å². The molecule has 0 radical (unpaired) electrons. The molecule has 3 aromatic carbocycles. The Bertz CT molecular complexity index is 1070. The molecule has 0 bridgehead atoms. The molecule has 0 spiro atoms. The average molecular weight is 408 g/mol. The van der Waals surface area contributed by atoms with E-state index in [9.17, 15) is 18.4 Å². The van der Waals surface area contributed by atoms with Gasteiger partial charge in [-0.15, -0.1) is 0 Å². The number of nitrogens with zero attached hydrogens (tertiary/aromatic N) is 1. The summed E-state index contributed by atoms with van der Waals surface area (Å²) in [7, 11) is 0. The summed E-state index contributed by atoms with van der Waals surface area (Å²) in [4.78, 5) is 26.8. The second kappa shape index (κ2) is 8.32. The summed E-state index contributed by atoms with van der Waals surface area (Å²) in [5.41, 5.74) is 1.35. The van der Waals surface area contributed by atoms with Crippen molar-refractivity contribution >= 4 is 17.5 Å². The molecule has 0 aliphatic carbocycles. The maximum atomic E-state index is 14.1. The van der Waals surface area contributed by atoms with Gasteiger partial charge in [0.25, 0.3) is 5.91 Å². The van der Waals surface area contributed by atoms with Crippen molar-refractivity contribution in [3.8, 4) is 5.75 Å². The molecule has 1 aliphatic rings. The number of benzene rings is 3. The number of hydrogen-bond donors (Lipinski definition) is 1. The smallest absolute Gasteiger partial charge is 0.261 e. The van der Waals surface area contributed by atoms with E-state index in [1.54, 1.807) is 24.3 Å². The predicted octanol–water partition coefficient (Wildman–Crippen LogP) is 3.91. The first-order chi connectivity index (χ1) is 14.5. The van der Waals surface area contributed by atoms with Gasteiger partial charge in [-0.3, -0.25) is 9.59 Å². The van der Waals surface area contributed by atoms with Crippen molar-refractivity contribution in [1.82, 2.24) is 4.90 Å². The van der Waals surface area contributed by atoms with Gasteiger partial charge in [0.2, 0.25) is 5.91 Å². The maximum absolute atomic E-state index is 14.1. The number of carbonyl (C=O) groups excluding carboxylic acids is 2. The van der Waals surface area contributed by atoms with E-state index >= 15 is 0 Å². The number of para-hydroxylation sites is 1. The molecule has 7 heteroatoms. The Hall–Kier alpha value is -3.74. The highest BCUT2D eigenvalue weighted by atomic mass is 19.1. The SMILES string of the molecule is O=C1CN(C(=O)COc2ccccc2)[C@H](c2ccc(F)cc2)c2cc(F)ccc2N1. The minimum absolute atomic E-state index is 0.255. The summed E-state index contributed by atoms with van der Waals surface area (Å²) in [6.45, 7) is -0.561. The van der Waals surface area contributed by atoms with Crippen molar-refractivity contribution < 1.29 is 23.1 Å². The van der Waals surface area contributed by atoms with Gasteiger partial charge in [0, 0.05) is 11.3 Å². The van der Waals surface area contributed by atoms with Crippen molar-refractivity contribution in [3.05, 3.63) is 95.6 Å². The van der Waals surface area contributed by atoms with Crippen LogP contribution in [0.15, 0.2) is 72.8 Å². The van der Waals surface area contributed by atoms with E-state index in [1.165, 1.54) is 47.4 Å². The Kier molecular flexibility index (Phi) is 5.43. The van der Waals surface area contributed by atoms with Crippen molar-refractivity contribution in [3.63, 3.8) is 0 Å². The fourth-order valence-electron chi connectivity index (χ4n) is 3.46. The van der Waals surface area contributed by atoms with Gasteiger partial charge in [-0.1, -0.05) is 30.3 Å². The molecular formula is C23H18F2N2O3. The summed E-state index contributed by atoms with van der Waals surface area (Å²) in [6.07, 6.45) is 0. The lowest BCUT2D eigenvalue weighted by Gasteiger charge is -2.30. The zero-order valence-electron chi connectivity index (χ0n) is 15.8. The monoisotopic (exact) mass is 408 g/mol. The molecule has 0 saturated carbocycles. The third-order valence-corrected chi connectivity index (χ3v) is 4.82. The van der Waals surface area contributed by atoms with Crippen molar-refractivity contribution in [2.45, 2.75) is 6.04 Å². The molecule has 30 heavy (non-hydrogen) atoms. The van der Waals surface area contributed by atoms with E-state index in [4.69, 9.17) is 4.74 Å². The predicted molar refractivity (Wildman–Crippen MR) is 107 cm³/mol. The summed E-state index contributed by atoms with van der Waals surface area (Å²) >= 11 is 0. The molecular weight excluding hydrogens is 390 g/mol. The Morgan fingerprint density at radius 2 is 1.70 bits per heavy atom. The first kappa shape index (κ1) is 19.6. The number of halogens is 2. The number of rotatable bonds is 4. The van der Waals surface area contributed by atoms with E-state index < -0.39 is 29.5 Å². The molecule has 1 atom stereocenters. The topological polar surface area (TPSA) is 58.6 Å². The van der Waals surface area contributed by atoms with Crippen LogP contribution < -0.4 is 10.1 Å². The first-order valence-corrected chi connectivity index (χ1v) is 9.33. The first-order valence-electron chi connectivity index (χ1n) is 9.33. The zero-order valence-corrected chi connectivity index (χ0v) is 15.8. The fourth-order valence-corrected chi connectivity index (χ4v) is 3.46. The lowest BCUT2D eigenvalue weighted by atomic mass is 9.95. The van der Waals surface area contributed by atoms with Crippen molar-refractivity contribution in [2.75, 3.05) is 18.5 Å². The van der Waals surface area contributed by atoms with E-state index in [-0.39, 0.29) is 13.2 Å². The molecule has 0 saturated heterocycles. The number of hydrogen-bond acceptors (Lipinski definition) is 3. The average Bonchev–Trinajstić information content (AvgIpc) is 2.89. The Morgan fingerprint density at radius 3 is 2.43 bits per heavy atom. The number of ether oxygens (including phenoxy) is 1. The van der Waals surface area contributed by atoms with Gasteiger partial charge in [0.15, 0.2) is 6.61 Å². The zero-order chi connectivity index (χ0) is 21.1. The second-order valence-electron chi connectivity index (χ2n) is 6.86. The Labute approximate surface area is 171 Å². The summed E-state index contributed by atoms with van der Waals surface area (Å²) in [5, 5.41) is 2.70. The largest absolute Gasteiger partial charge is 0.484 e. The molecule has 1 N–H and O–H groups in total. The van der Waals surface area contributed by atoms with Crippen molar-refractivity contribution in [1.29, 1.82) is 0 Å². The van der Waals surface area contributed by atoms with Gasteiger partial charge < -0.3 is 15.0 Å². The summed E-state index contributed by atoms with van der Waals surface area (Å²) in [6, 6.07) is 17.5. The molecule has 152 valence electrons. The lowest BCUT2D eigenvalue weighted by molar-refractivity contribution is -0.138. The minimum atomic E-state index is -0.790. The van der Waals surface area contributed by atoms with Crippen LogP contribution in [-0.2, 0) is 9.59 Å². The molecule has 2 amide bonds. The standard InChI is InChI=1S/C23H18F2N2O3/c24-16-8-6-15(7-9-16)23-19-12-17(25)10-11-20(19)26-21(28)13-27(23)22(29)14-30-18-4-2-1-3-5-18/h1-12,23H,13-14H2,(H,26,28)/t23-/m1/s1. The normalized spacial score (nSPS) is 15.7. The maximum Gasteiger partial charge on any atom is 0.261 e. The van der Waals surface area contributed by atoms with Crippen LogP contribution in [0.2, 0.25) is 0 Å². The van der Waals surface area contributed by atoms with Crippen LogP contribution in [0.1, 0.15) is 17.2 Å².